The summed E-state index contributed by atoms with van der Waals surface area (Å²) in [5, 5.41) is 15.4. The highest BCUT2D eigenvalue weighted by Crippen LogP contribution is 2.28. The van der Waals surface area contributed by atoms with Crippen molar-refractivity contribution in [3.63, 3.8) is 0 Å². The van der Waals surface area contributed by atoms with Gasteiger partial charge in [-0.1, -0.05) is 18.9 Å². The van der Waals surface area contributed by atoms with Crippen molar-refractivity contribution in [2.45, 2.75) is 31.3 Å². The minimum Gasteiger partial charge on any atom is -0.492 e. The van der Waals surface area contributed by atoms with Gasteiger partial charge >= 0.3 is 6.03 Å². The van der Waals surface area contributed by atoms with Crippen molar-refractivity contribution in [1.82, 2.24) is 10.6 Å². The van der Waals surface area contributed by atoms with Crippen LogP contribution in [0.5, 0.6) is 5.75 Å². The first kappa shape index (κ1) is 15.6. The van der Waals surface area contributed by atoms with E-state index in [0.717, 1.165) is 25.7 Å². The highest BCUT2D eigenvalue weighted by atomic mass is 19.1. The largest absolute Gasteiger partial charge is 0.492 e. The number of carbonyl (C=O) groups excluding carboxylic acids is 1. The van der Waals surface area contributed by atoms with Gasteiger partial charge in [0, 0.05) is 12.6 Å². The Hall–Kier alpha value is -1.82. The van der Waals surface area contributed by atoms with Crippen LogP contribution >= 0.6 is 0 Å². The van der Waals surface area contributed by atoms with Crippen molar-refractivity contribution < 1.29 is 19.0 Å². The first-order chi connectivity index (χ1) is 10.1. The van der Waals surface area contributed by atoms with E-state index in [2.05, 4.69) is 10.6 Å². The topological polar surface area (TPSA) is 70.6 Å². The smallest absolute Gasteiger partial charge is 0.315 e. The quantitative estimate of drug-likeness (QED) is 0.701. The average molecular weight is 296 g/mol. The molecular weight excluding hydrogens is 275 g/mol. The van der Waals surface area contributed by atoms with Gasteiger partial charge in [-0.2, -0.15) is 0 Å². The van der Waals surface area contributed by atoms with Crippen molar-refractivity contribution in [2.24, 2.45) is 0 Å². The zero-order chi connectivity index (χ0) is 15.1. The summed E-state index contributed by atoms with van der Waals surface area (Å²) in [4.78, 5) is 11.6. The molecule has 0 saturated heterocycles. The van der Waals surface area contributed by atoms with E-state index < -0.39 is 5.60 Å². The zero-order valence-corrected chi connectivity index (χ0v) is 11.9. The molecule has 0 radical (unpaired) electrons. The molecule has 0 heterocycles. The van der Waals surface area contributed by atoms with E-state index in [4.69, 9.17) is 4.74 Å². The van der Waals surface area contributed by atoms with Crippen LogP contribution in [0, 0.1) is 5.82 Å². The van der Waals surface area contributed by atoms with E-state index in [1.54, 1.807) is 12.1 Å². The molecule has 6 heteroatoms. The molecule has 116 valence electrons. The predicted molar refractivity (Wildman–Crippen MR) is 76.7 cm³/mol. The lowest BCUT2D eigenvalue weighted by atomic mass is 10.0. The van der Waals surface area contributed by atoms with Gasteiger partial charge < -0.3 is 20.5 Å². The fraction of sp³-hybridized carbons (Fsp3) is 0.533. The van der Waals surface area contributed by atoms with Gasteiger partial charge in [0.2, 0.25) is 0 Å². The summed E-state index contributed by atoms with van der Waals surface area (Å²) in [6, 6.07) is 5.51. The Morgan fingerprint density at radius 2 is 2.10 bits per heavy atom. The SMILES string of the molecule is O=C(NCCOc1cccc(F)c1)NCC1(O)CCCC1. The molecule has 1 aliphatic rings. The van der Waals surface area contributed by atoms with Gasteiger partial charge in [-0.3, -0.25) is 0 Å². The van der Waals surface area contributed by atoms with Crippen LogP contribution in [0.2, 0.25) is 0 Å². The van der Waals surface area contributed by atoms with Gasteiger partial charge in [-0.05, 0) is 25.0 Å². The maximum Gasteiger partial charge on any atom is 0.315 e. The molecule has 2 rings (SSSR count). The normalized spacial score (nSPS) is 16.5. The van der Waals surface area contributed by atoms with Gasteiger partial charge in [0.05, 0.1) is 12.1 Å². The fourth-order valence-corrected chi connectivity index (χ4v) is 2.41. The second-order valence-corrected chi connectivity index (χ2v) is 5.35. The van der Waals surface area contributed by atoms with Crippen LogP contribution in [0.1, 0.15) is 25.7 Å². The first-order valence-electron chi connectivity index (χ1n) is 7.20. The van der Waals surface area contributed by atoms with Crippen LogP contribution in [0.4, 0.5) is 9.18 Å². The number of carbonyl (C=O) groups is 1. The molecule has 1 saturated carbocycles. The Morgan fingerprint density at radius 3 is 2.81 bits per heavy atom. The molecule has 1 aromatic carbocycles. The molecule has 1 fully saturated rings. The Labute approximate surface area is 123 Å². The van der Waals surface area contributed by atoms with E-state index in [1.807, 2.05) is 0 Å². The number of urea groups is 1. The van der Waals surface area contributed by atoms with Crippen molar-refractivity contribution >= 4 is 6.03 Å². The summed E-state index contributed by atoms with van der Waals surface area (Å²) in [5.41, 5.74) is -0.755. The van der Waals surface area contributed by atoms with E-state index in [9.17, 15) is 14.3 Å². The Kier molecular flexibility index (Phi) is 5.38. The molecule has 2 amide bonds. The van der Waals surface area contributed by atoms with Gasteiger partial charge in [-0.25, -0.2) is 9.18 Å². The van der Waals surface area contributed by atoms with E-state index in [0.29, 0.717) is 12.3 Å². The molecule has 3 N–H and O–H groups in total. The Morgan fingerprint density at radius 1 is 1.33 bits per heavy atom. The fourth-order valence-electron chi connectivity index (χ4n) is 2.41. The molecule has 0 spiro atoms. The predicted octanol–water partition coefficient (Wildman–Crippen LogP) is 1.81. The molecule has 0 aromatic heterocycles. The van der Waals surface area contributed by atoms with E-state index >= 15 is 0 Å². The maximum absolute atomic E-state index is 12.9. The number of ether oxygens (including phenoxy) is 1. The number of rotatable bonds is 6. The van der Waals surface area contributed by atoms with Crippen molar-refractivity contribution in [2.75, 3.05) is 19.7 Å². The van der Waals surface area contributed by atoms with Gasteiger partial charge in [0.1, 0.15) is 18.2 Å². The summed E-state index contributed by atoms with van der Waals surface area (Å²) in [5.74, 6) is 0.0699. The number of hydrogen-bond acceptors (Lipinski definition) is 3. The lowest BCUT2D eigenvalue weighted by Gasteiger charge is -2.22. The third-order valence-corrected chi connectivity index (χ3v) is 3.56. The number of halogens is 1. The van der Waals surface area contributed by atoms with Crippen molar-refractivity contribution in [1.29, 1.82) is 0 Å². The second-order valence-electron chi connectivity index (χ2n) is 5.35. The van der Waals surface area contributed by atoms with Gasteiger partial charge in [-0.15, -0.1) is 0 Å². The molecule has 21 heavy (non-hydrogen) atoms. The van der Waals surface area contributed by atoms with Crippen LogP contribution in [0.3, 0.4) is 0 Å². The van der Waals surface area contributed by atoms with Crippen molar-refractivity contribution in [3.05, 3.63) is 30.1 Å². The standard InChI is InChI=1S/C15H21FN2O3/c16-12-4-3-5-13(10-12)21-9-8-17-14(19)18-11-15(20)6-1-2-7-15/h3-5,10,20H,1-2,6-9,11H2,(H2,17,18,19). The lowest BCUT2D eigenvalue weighted by molar-refractivity contribution is 0.0501. The van der Waals surface area contributed by atoms with E-state index in [1.165, 1.54) is 12.1 Å². The number of amides is 2. The van der Waals surface area contributed by atoms with Gasteiger partial charge in [0.25, 0.3) is 0 Å². The molecule has 0 bridgehead atoms. The summed E-state index contributed by atoms with van der Waals surface area (Å²) >= 11 is 0. The summed E-state index contributed by atoms with van der Waals surface area (Å²) in [7, 11) is 0. The first-order valence-corrected chi connectivity index (χ1v) is 7.20. The molecule has 5 nitrogen and oxygen atoms in total. The number of nitrogens with one attached hydrogen (secondary N) is 2. The Bertz CT molecular complexity index is 476. The van der Waals surface area contributed by atoms with Crippen LogP contribution in [-0.2, 0) is 0 Å². The summed E-state index contributed by atoms with van der Waals surface area (Å²) in [6.45, 7) is 0.825. The van der Waals surface area contributed by atoms with Crippen LogP contribution in [-0.4, -0.2) is 36.4 Å². The highest BCUT2D eigenvalue weighted by molar-refractivity contribution is 5.73. The van der Waals surface area contributed by atoms with E-state index in [-0.39, 0.29) is 25.0 Å². The second kappa shape index (κ2) is 7.26. The highest BCUT2D eigenvalue weighted by Gasteiger charge is 2.31. The van der Waals surface area contributed by atoms with Crippen LogP contribution < -0.4 is 15.4 Å². The maximum atomic E-state index is 12.9. The summed E-state index contributed by atoms with van der Waals surface area (Å²) < 4.78 is 18.2. The zero-order valence-electron chi connectivity index (χ0n) is 11.9. The third kappa shape index (κ3) is 5.23. The minimum absolute atomic E-state index is 0.251. The summed E-state index contributed by atoms with van der Waals surface area (Å²) in [6.07, 6.45) is 3.47. The molecule has 1 aromatic rings. The number of hydrogen-bond donors (Lipinski definition) is 3. The Balaban J connectivity index is 1.59. The van der Waals surface area contributed by atoms with Crippen LogP contribution in [0.25, 0.3) is 0 Å². The minimum atomic E-state index is -0.755. The van der Waals surface area contributed by atoms with Crippen molar-refractivity contribution in [3.8, 4) is 5.75 Å². The molecule has 0 atom stereocenters. The molecule has 0 unspecified atom stereocenters. The number of aliphatic hydroxyl groups is 1. The lowest BCUT2D eigenvalue weighted by Crippen LogP contribution is -2.45. The van der Waals surface area contributed by atoms with Gasteiger partial charge in [0.15, 0.2) is 0 Å². The third-order valence-electron chi connectivity index (χ3n) is 3.56. The number of benzene rings is 1. The monoisotopic (exact) mass is 296 g/mol. The molecule has 0 aliphatic heterocycles. The molecule has 1 aliphatic carbocycles. The molecular formula is C15H21FN2O3. The average Bonchev–Trinajstić information content (AvgIpc) is 2.89. The van der Waals surface area contributed by atoms with Crippen LogP contribution in [0.15, 0.2) is 24.3 Å².